The van der Waals surface area contributed by atoms with Crippen LogP contribution in [0.15, 0.2) is 52.8 Å². The van der Waals surface area contributed by atoms with Crippen LogP contribution in [0.2, 0.25) is 0 Å². The van der Waals surface area contributed by atoms with Crippen molar-refractivity contribution in [2.24, 2.45) is 10.7 Å². The van der Waals surface area contributed by atoms with Crippen LogP contribution in [0, 0.1) is 22.9 Å². The molecule has 2 aromatic carbocycles. The van der Waals surface area contributed by atoms with Crippen molar-refractivity contribution in [3.8, 4) is 0 Å². The van der Waals surface area contributed by atoms with Gasteiger partial charge in [-0.2, -0.15) is 18.3 Å². The van der Waals surface area contributed by atoms with E-state index in [9.17, 15) is 39.9 Å². The van der Waals surface area contributed by atoms with Crippen molar-refractivity contribution in [1.82, 2.24) is 15.1 Å². The molecule has 1 atom stereocenters. The van der Waals surface area contributed by atoms with Crippen LogP contribution in [-0.2, 0) is 36.3 Å². The summed E-state index contributed by atoms with van der Waals surface area (Å²) in [6.45, 7) is 2.25. The summed E-state index contributed by atoms with van der Waals surface area (Å²) >= 11 is 0. The molecular weight excluding hydrogens is 600 g/mol. The summed E-state index contributed by atoms with van der Waals surface area (Å²) in [7, 11) is 0. The summed E-state index contributed by atoms with van der Waals surface area (Å²) in [5.74, 6) is -8.69. The van der Waals surface area contributed by atoms with Crippen LogP contribution in [0.3, 0.4) is 0 Å². The molecule has 234 valence electrons. The number of nitrogens with one attached hydrogen (secondary N) is 2. The lowest BCUT2D eigenvalue weighted by Gasteiger charge is -2.20. The molecule has 0 bridgehead atoms. The van der Waals surface area contributed by atoms with Gasteiger partial charge < -0.3 is 11.1 Å². The molecule has 1 amide bonds. The Morgan fingerprint density at radius 3 is 2.43 bits per heavy atom. The van der Waals surface area contributed by atoms with Gasteiger partial charge in [-0.25, -0.2) is 22.0 Å². The fraction of sp³-hybridized carbons (Fsp3) is 0.310. The monoisotopic (exact) mass is 626 g/mol. The van der Waals surface area contributed by atoms with E-state index in [1.54, 1.807) is 6.92 Å². The van der Waals surface area contributed by atoms with E-state index in [1.807, 2.05) is 0 Å². The maximum atomic E-state index is 14.4. The molecule has 0 saturated carbocycles. The highest BCUT2D eigenvalue weighted by molar-refractivity contribution is 5.95. The summed E-state index contributed by atoms with van der Waals surface area (Å²) < 4.78 is 112. The Balaban J connectivity index is 1.78. The normalized spacial score (nSPS) is 15.7. The second kappa shape index (κ2) is 12.2. The van der Waals surface area contributed by atoms with E-state index in [4.69, 9.17) is 11.1 Å². The first kappa shape index (κ1) is 32.4. The van der Waals surface area contributed by atoms with Gasteiger partial charge in [-0.15, -0.1) is 0 Å². The summed E-state index contributed by atoms with van der Waals surface area (Å²) in [4.78, 5) is 17.6. The van der Waals surface area contributed by atoms with E-state index in [2.05, 4.69) is 15.4 Å². The van der Waals surface area contributed by atoms with Crippen LogP contribution in [-0.4, -0.2) is 27.7 Å². The molecule has 7 nitrogen and oxygen atoms in total. The van der Waals surface area contributed by atoms with Crippen LogP contribution in [0.25, 0.3) is 0 Å². The first-order chi connectivity index (χ1) is 20.5. The van der Waals surface area contributed by atoms with Crippen molar-refractivity contribution in [1.29, 1.82) is 5.41 Å². The summed E-state index contributed by atoms with van der Waals surface area (Å²) in [6, 6.07) is 6.37. The molecular formula is C29H26F8N6O. The number of fused-ring (bicyclic) bond motifs is 1. The van der Waals surface area contributed by atoms with Crippen LogP contribution in [0.4, 0.5) is 35.1 Å². The molecule has 15 heteroatoms. The number of amides is 1. The molecule has 3 aromatic rings. The Kier molecular flexibility index (Phi) is 8.98. The minimum absolute atomic E-state index is 0.0375. The molecule has 1 aliphatic rings. The molecule has 1 aromatic heterocycles. The number of rotatable bonds is 9. The van der Waals surface area contributed by atoms with E-state index in [-0.39, 0.29) is 28.9 Å². The van der Waals surface area contributed by atoms with Crippen LogP contribution in [0.5, 0.6) is 0 Å². The third kappa shape index (κ3) is 6.81. The maximum absolute atomic E-state index is 14.4. The Labute approximate surface area is 246 Å². The van der Waals surface area contributed by atoms with E-state index >= 15 is 0 Å². The zero-order valence-electron chi connectivity index (χ0n) is 23.3. The number of benzene rings is 2. The number of hydrogen-bond acceptors (Lipinski definition) is 4. The lowest BCUT2D eigenvalue weighted by Crippen LogP contribution is -2.30. The number of nitrogens with zero attached hydrogens (tertiary/aromatic N) is 3. The first-order valence-electron chi connectivity index (χ1n) is 13.2. The predicted molar refractivity (Wildman–Crippen MR) is 145 cm³/mol. The fourth-order valence-electron chi connectivity index (χ4n) is 5.09. The summed E-state index contributed by atoms with van der Waals surface area (Å²) in [5.41, 5.74) is 2.29. The number of carbonyl (C=O) groups is 1. The second-order valence-corrected chi connectivity index (χ2v) is 10.2. The lowest BCUT2D eigenvalue weighted by molar-refractivity contribution is -0.145. The molecule has 4 N–H and O–H groups in total. The van der Waals surface area contributed by atoms with Gasteiger partial charge in [0.1, 0.15) is 29.8 Å². The molecule has 1 heterocycles. The Morgan fingerprint density at radius 1 is 1.18 bits per heavy atom. The van der Waals surface area contributed by atoms with E-state index in [0.717, 1.165) is 18.2 Å². The van der Waals surface area contributed by atoms with Gasteiger partial charge in [0.25, 0.3) is 5.92 Å². The van der Waals surface area contributed by atoms with Crippen molar-refractivity contribution >= 4 is 18.0 Å². The average molecular weight is 627 g/mol. The van der Waals surface area contributed by atoms with Crippen molar-refractivity contribution in [3.05, 3.63) is 98.9 Å². The summed E-state index contributed by atoms with van der Waals surface area (Å²) in [5, 5.41) is 13.4. The zero-order valence-corrected chi connectivity index (χ0v) is 23.3. The Morgan fingerprint density at radius 2 is 1.84 bits per heavy atom. The number of carbonyl (C=O) groups excluding carboxylic acids is 1. The second-order valence-electron chi connectivity index (χ2n) is 10.2. The standard InChI is InChI=1S/C29H26F8N6O/c1-3-40-25(14(2)16-4-5-20(32)19(11-16)27(38)39)21(10-15-8-17(30)12-18(31)9-15)41-23(44)13-43-22-6-7-28(33,34)24(22)26(42-43)29(35,36)37/h3-5,8-9,11-12,14H,6-7,10,13H2,1-2H3,(H3,38,39)(H,41,44)/b25-21-,40-3?. The number of aromatic nitrogens is 2. The van der Waals surface area contributed by atoms with Crippen molar-refractivity contribution in [2.75, 3.05) is 0 Å². The maximum Gasteiger partial charge on any atom is 0.435 e. The molecule has 0 aliphatic heterocycles. The smallest absolute Gasteiger partial charge is 0.384 e. The minimum atomic E-state index is -5.20. The van der Waals surface area contributed by atoms with Crippen LogP contribution in [0.1, 0.15) is 59.8 Å². The SMILES string of the molecule is CC=N/C(=C(/Cc1cc(F)cc(F)c1)NC(=O)Cn1nc(C(F)(F)F)c2c1CCC2(F)F)C(C)c1ccc(F)c(C(=N)N)c1. The van der Waals surface area contributed by atoms with Gasteiger partial charge in [0.15, 0.2) is 5.69 Å². The number of hydrogen-bond donors (Lipinski definition) is 3. The number of aliphatic imine (C=N–C) groups is 1. The summed E-state index contributed by atoms with van der Waals surface area (Å²) in [6.07, 6.45) is -5.51. The van der Waals surface area contributed by atoms with Gasteiger partial charge in [-0.1, -0.05) is 13.0 Å². The van der Waals surface area contributed by atoms with Crippen LogP contribution < -0.4 is 11.1 Å². The van der Waals surface area contributed by atoms with Gasteiger partial charge in [0.2, 0.25) is 5.91 Å². The Hall–Kier alpha value is -4.56. The van der Waals surface area contributed by atoms with E-state index < -0.39 is 83.5 Å². The lowest BCUT2D eigenvalue weighted by atomic mass is 9.93. The largest absolute Gasteiger partial charge is 0.435 e. The first-order valence-corrected chi connectivity index (χ1v) is 13.2. The molecule has 1 aliphatic carbocycles. The quantitative estimate of drug-likeness (QED) is 0.152. The number of nitrogens with two attached hydrogens (primary N) is 1. The molecule has 0 radical (unpaired) electrons. The molecule has 0 saturated heterocycles. The third-order valence-electron chi connectivity index (χ3n) is 7.02. The molecule has 0 fully saturated rings. The highest BCUT2D eigenvalue weighted by Crippen LogP contribution is 2.47. The topological polar surface area (TPSA) is 109 Å². The number of allylic oxidation sites excluding steroid dienone is 2. The third-order valence-corrected chi connectivity index (χ3v) is 7.02. The van der Waals surface area contributed by atoms with Gasteiger partial charge in [0.05, 0.1) is 16.8 Å². The molecule has 0 spiro atoms. The van der Waals surface area contributed by atoms with Crippen molar-refractivity contribution in [3.63, 3.8) is 0 Å². The predicted octanol–water partition coefficient (Wildman–Crippen LogP) is 6.11. The van der Waals surface area contributed by atoms with E-state index in [1.165, 1.54) is 25.3 Å². The van der Waals surface area contributed by atoms with Crippen molar-refractivity contribution < 1.29 is 39.9 Å². The highest BCUT2D eigenvalue weighted by atomic mass is 19.4. The van der Waals surface area contributed by atoms with Gasteiger partial charge >= 0.3 is 6.18 Å². The Bertz CT molecular complexity index is 1650. The number of alkyl halides is 5. The molecule has 44 heavy (non-hydrogen) atoms. The van der Waals surface area contributed by atoms with Crippen molar-refractivity contribution in [2.45, 2.75) is 57.7 Å². The average Bonchev–Trinajstić information content (AvgIpc) is 3.43. The highest BCUT2D eigenvalue weighted by Gasteiger charge is 2.51. The number of halogens is 8. The van der Waals surface area contributed by atoms with Gasteiger partial charge in [-0.05, 0) is 48.7 Å². The van der Waals surface area contributed by atoms with Gasteiger partial charge in [0, 0.05) is 42.4 Å². The molecule has 1 unspecified atom stereocenters. The van der Waals surface area contributed by atoms with Crippen LogP contribution >= 0.6 is 0 Å². The minimum Gasteiger partial charge on any atom is -0.384 e. The van der Waals surface area contributed by atoms with E-state index in [0.29, 0.717) is 16.3 Å². The fourth-order valence-corrected chi connectivity index (χ4v) is 5.09. The molecule has 4 rings (SSSR count). The van der Waals surface area contributed by atoms with Gasteiger partial charge in [-0.3, -0.25) is 19.9 Å². The number of amidine groups is 1. The zero-order chi connectivity index (χ0) is 32.6. The number of nitrogen functional groups attached to an aromatic ring is 1.